The van der Waals surface area contributed by atoms with Crippen LogP contribution in [0.5, 0.6) is 11.5 Å². The summed E-state index contributed by atoms with van der Waals surface area (Å²) in [6.07, 6.45) is 0. The molecule has 0 unspecified atom stereocenters. The minimum atomic E-state index is -0.710. The largest absolute Gasteiger partial charge is 0.493 e. The van der Waals surface area contributed by atoms with E-state index in [-0.39, 0.29) is 30.3 Å². The number of methoxy groups -OCH3 is 2. The zero-order valence-electron chi connectivity index (χ0n) is 14.7. The van der Waals surface area contributed by atoms with Gasteiger partial charge in [-0.3, -0.25) is 14.9 Å². The Bertz CT molecular complexity index is 891. The fourth-order valence-corrected chi connectivity index (χ4v) is 2.25. The maximum atomic E-state index is 12.6. The average Bonchev–Trinajstić information content (AvgIpc) is 2.67. The van der Waals surface area contributed by atoms with Crippen LogP contribution < -0.4 is 14.8 Å². The molecule has 0 radical (unpaired) electrons. The van der Waals surface area contributed by atoms with Crippen LogP contribution in [-0.4, -0.2) is 38.3 Å². The van der Waals surface area contributed by atoms with Gasteiger partial charge in [0.05, 0.1) is 36.3 Å². The zero-order valence-corrected chi connectivity index (χ0v) is 14.7. The maximum Gasteiger partial charge on any atom is 0.286 e. The Kier molecular flexibility index (Phi) is 6.68. The van der Waals surface area contributed by atoms with Gasteiger partial charge in [0.15, 0.2) is 11.5 Å². The molecule has 0 spiro atoms. The highest BCUT2D eigenvalue weighted by molar-refractivity contribution is 6.07. The summed E-state index contributed by atoms with van der Waals surface area (Å²) in [4.78, 5) is 23.3. The number of nitro groups is 1. The number of ether oxygens (including phenoxy) is 3. The molecule has 140 valence electrons. The Balaban J connectivity index is 2.37. The summed E-state index contributed by atoms with van der Waals surface area (Å²) in [7, 11) is 2.86. The van der Waals surface area contributed by atoms with Crippen molar-refractivity contribution in [1.82, 2.24) is 0 Å². The summed E-state index contributed by atoms with van der Waals surface area (Å²) in [5, 5.41) is 22.9. The summed E-state index contributed by atoms with van der Waals surface area (Å²) in [6, 6.07) is 10.5. The van der Waals surface area contributed by atoms with Crippen molar-refractivity contribution < 1.29 is 23.9 Å². The van der Waals surface area contributed by atoms with Crippen LogP contribution in [0.15, 0.2) is 36.4 Å². The number of nitriles is 1. The number of carbonyl (C=O) groups is 1. The molecule has 2 rings (SSSR count). The quantitative estimate of drug-likeness (QED) is 0.430. The summed E-state index contributed by atoms with van der Waals surface area (Å²) >= 11 is 0. The molecule has 2 aromatic rings. The minimum Gasteiger partial charge on any atom is -0.493 e. The van der Waals surface area contributed by atoms with Crippen LogP contribution in [0, 0.1) is 21.4 Å². The second kappa shape index (κ2) is 9.17. The third-order valence-electron chi connectivity index (χ3n) is 3.52. The highest BCUT2D eigenvalue weighted by Gasteiger charge is 2.25. The van der Waals surface area contributed by atoms with Crippen LogP contribution >= 0.6 is 0 Å². The summed E-state index contributed by atoms with van der Waals surface area (Å²) in [5.41, 5.74) is 0.0602. The van der Waals surface area contributed by atoms with Crippen LogP contribution in [0.25, 0.3) is 0 Å². The number of hydrogen-bond donors (Lipinski definition) is 1. The van der Waals surface area contributed by atoms with Crippen LogP contribution in [0.3, 0.4) is 0 Å². The lowest BCUT2D eigenvalue weighted by atomic mass is 10.1. The Morgan fingerprint density at radius 2 is 2.00 bits per heavy atom. The Labute approximate surface area is 155 Å². The highest BCUT2D eigenvalue weighted by Crippen LogP contribution is 2.35. The first-order chi connectivity index (χ1) is 13.0. The van der Waals surface area contributed by atoms with Gasteiger partial charge >= 0.3 is 0 Å². The average molecular weight is 371 g/mol. The van der Waals surface area contributed by atoms with Crippen LogP contribution in [0.4, 0.5) is 11.4 Å². The van der Waals surface area contributed by atoms with Gasteiger partial charge in [-0.05, 0) is 18.2 Å². The number of amides is 1. The topological polar surface area (TPSA) is 124 Å². The van der Waals surface area contributed by atoms with E-state index in [1.165, 1.54) is 26.4 Å². The first kappa shape index (κ1) is 19.7. The molecule has 0 saturated heterocycles. The number of hydrogen-bond acceptors (Lipinski definition) is 7. The number of benzene rings is 2. The predicted molar refractivity (Wildman–Crippen MR) is 96.1 cm³/mol. The second-order valence-corrected chi connectivity index (χ2v) is 5.27. The van der Waals surface area contributed by atoms with E-state index in [1.807, 2.05) is 6.07 Å². The number of nitrogens with one attached hydrogen (secondary N) is 1. The lowest BCUT2D eigenvalue weighted by Crippen LogP contribution is -2.15. The molecular formula is C18H17N3O6. The van der Waals surface area contributed by atoms with Crippen molar-refractivity contribution in [3.8, 4) is 17.6 Å². The summed E-state index contributed by atoms with van der Waals surface area (Å²) < 4.78 is 15.5. The minimum absolute atomic E-state index is 0.129. The second-order valence-electron chi connectivity index (χ2n) is 5.27. The monoisotopic (exact) mass is 371 g/mol. The lowest BCUT2D eigenvalue weighted by molar-refractivity contribution is -0.385. The smallest absolute Gasteiger partial charge is 0.286 e. The first-order valence-electron chi connectivity index (χ1n) is 7.79. The van der Waals surface area contributed by atoms with Crippen molar-refractivity contribution >= 4 is 17.3 Å². The number of carbonyl (C=O) groups excluding carboxylic acids is 1. The van der Waals surface area contributed by atoms with Crippen molar-refractivity contribution in [2.75, 3.05) is 32.8 Å². The molecule has 27 heavy (non-hydrogen) atoms. The number of nitro benzene ring substituents is 1. The third kappa shape index (κ3) is 4.93. The van der Waals surface area contributed by atoms with E-state index in [4.69, 9.17) is 19.5 Å². The Morgan fingerprint density at radius 1 is 1.22 bits per heavy atom. The SMILES string of the molecule is COCCOc1cc([N+](=O)[O-])c(C(=O)Nc2cccc(C#N)c2)cc1OC. The molecule has 0 aliphatic rings. The van der Waals surface area contributed by atoms with E-state index >= 15 is 0 Å². The third-order valence-corrected chi connectivity index (χ3v) is 3.52. The number of anilines is 1. The van der Waals surface area contributed by atoms with Gasteiger partial charge in [-0.15, -0.1) is 0 Å². The summed E-state index contributed by atoms with van der Waals surface area (Å²) in [5.74, 6) is -0.407. The van der Waals surface area contributed by atoms with Crippen molar-refractivity contribution in [2.45, 2.75) is 0 Å². The molecule has 0 aliphatic heterocycles. The van der Waals surface area contributed by atoms with E-state index in [0.717, 1.165) is 6.07 Å². The van der Waals surface area contributed by atoms with E-state index in [1.54, 1.807) is 18.2 Å². The number of rotatable bonds is 8. The number of nitrogens with zero attached hydrogens (tertiary/aromatic N) is 2. The van der Waals surface area contributed by atoms with Crippen molar-refractivity contribution in [1.29, 1.82) is 5.26 Å². The Morgan fingerprint density at radius 3 is 2.63 bits per heavy atom. The molecular weight excluding hydrogens is 354 g/mol. The highest BCUT2D eigenvalue weighted by atomic mass is 16.6. The molecule has 0 fully saturated rings. The van der Waals surface area contributed by atoms with E-state index in [9.17, 15) is 14.9 Å². The van der Waals surface area contributed by atoms with Gasteiger partial charge in [0.1, 0.15) is 12.2 Å². The van der Waals surface area contributed by atoms with Crippen LogP contribution in [-0.2, 0) is 4.74 Å². The van der Waals surface area contributed by atoms with Gasteiger partial charge in [-0.1, -0.05) is 6.07 Å². The van der Waals surface area contributed by atoms with Gasteiger partial charge in [-0.25, -0.2) is 0 Å². The summed E-state index contributed by atoms with van der Waals surface area (Å²) in [6.45, 7) is 0.449. The van der Waals surface area contributed by atoms with Gasteiger partial charge < -0.3 is 19.5 Å². The predicted octanol–water partition coefficient (Wildman–Crippen LogP) is 2.75. The van der Waals surface area contributed by atoms with E-state index in [2.05, 4.69) is 5.32 Å². The molecule has 0 atom stereocenters. The molecule has 0 aliphatic carbocycles. The van der Waals surface area contributed by atoms with Crippen LogP contribution in [0.2, 0.25) is 0 Å². The molecule has 0 aromatic heterocycles. The van der Waals surface area contributed by atoms with E-state index < -0.39 is 16.5 Å². The van der Waals surface area contributed by atoms with Gasteiger partial charge in [0.25, 0.3) is 11.6 Å². The molecule has 0 heterocycles. The van der Waals surface area contributed by atoms with Gasteiger partial charge in [0, 0.05) is 18.9 Å². The van der Waals surface area contributed by atoms with E-state index in [0.29, 0.717) is 11.3 Å². The first-order valence-corrected chi connectivity index (χ1v) is 7.79. The Hall–Kier alpha value is -3.64. The maximum absolute atomic E-state index is 12.6. The molecule has 2 aromatic carbocycles. The van der Waals surface area contributed by atoms with Crippen LogP contribution in [0.1, 0.15) is 15.9 Å². The van der Waals surface area contributed by atoms with Gasteiger partial charge in [0.2, 0.25) is 0 Å². The molecule has 1 amide bonds. The van der Waals surface area contributed by atoms with Gasteiger partial charge in [-0.2, -0.15) is 5.26 Å². The van der Waals surface area contributed by atoms with Crippen molar-refractivity contribution in [3.05, 3.63) is 57.6 Å². The molecule has 1 N–H and O–H groups in total. The molecule has 0 saturated carbocycles. The molecule has 9 heteroatoms. The normalized spacial score (nSPS) is 9.96. The zero-order chi connectivity index (χ0) is 19.8. The van der Waals surface area contributed by atoms with Crippen molar-refractivity contribution in [3.63, 3.8) is 0 Å². The van der Waals surface area contributed by atoms with Crippen molar-refractivity contribution in [2.24, 2.45) is 0 Å². The standard InChI is InChI=1S/C18H17N3O6/c1-25-6-7-27-17-10-15(21(23)24)14(9-16(17)26-2)18(22)20-13-5-3-4-12(8-13)11-19/h3-5,8-10H,6-7H2,1-2H3,(H,20,22). The fraction of sp³-hybridized carbons (Fsp3) is 0.222. The lowest BCUT2D eigenvalue weighted by Gasteiger charge is -2.13. The fourth-order valence-electron chi connectivity index (χ4n) is 2.25. The molecule has 9 nitrogen and oxygen atoms in total. The molecule has 0 bridgehead atoms.